The highest BCUT2D eigenvalue weighted by Gasteiger charge is 2.19. The first-order valence-corrected chi connectivity index (χ1v) is 7.18. The van der Waals surface area contributed by atoms with Crippen LogP contribution in [0.5, 0.6) is 0 Å². The van der Waals surface area contributed by atoms with Crippen molar-refractivity contribution in [2.24, 2.45) is 5.92 Å². The van der Waals surface area contributed by atoms with E-state index in [9.17, 15) is 0 Å². The van der Waals surface area contributed by atoms with Crippen molar-refractivity contribution in [3.63, 3.8) is 0 Å². The molecule has 0 amide bonds. The first-order valence-electron chi connectivity index (χ1n) is 7.18. The second-order valence-corrected chi connectivity index (χ2v) is 5.48. The number of hydrogen-bond acceptors (Lipinski definition) is 3. The van der Waals surface area contributed by atoms with Crippen molar-refractivity contribution in [3.05, 3.63) is 36.0 Å². The Morgan fingerprint density at radius 2 is 2.11 bits per heavy atom. The minimum absolute atomic E-state index is 0.805. The monoisotopic (exact) mass is 255 g/mol. The van der Waals surface area contributed by atoms with Crippen LogP contribution in [0, 0.1) is 5.92 Å². The Bertz CT molecular complexity index is 561. The normalized spacial score (nSPS) is 14.9. The van der Waals surface area contributed by atoms with Crippen molar-refractivity contribution in [2.45, 2.75) is 32.2 Å². The quantitative estimate of drug-likeness (QED) is 0.780. The molecule has 0 aliphatic heterocycles. The maximum Gasteiger partial charge on any atom is 0.0726 e. The Balaban J connectivity index is 1.57. The first kappa shape index (κ1) is 12.4. The van der Waals surface area contributed by atoms with Gasteiger partial charge in [-0.15, -0.1) is 0 Å². The van der Waals surface area contributed by atoms with Crippen molar-refractivity contribution >= 4 is 16.6 Å². The van der Waals surface area contributed by atoms with E-state index in [0.717, 1.165) is 41.3 Å². The Kier molecular flexibility index (Phi) is 3.65. The number of aromatic nitrogens is 1. The number of rotatable bonds is 6. The fraction of sp³-hybridized carbons (Fsp3) is 0.438. The average molecular weight is 255 g/mol. The molecule has 3 N–H and O–H groups in total. The maximum atomic E-state index is 6.07. The number of nitrogens with two attached hydrogens (primary N) is 1. The van der Waals surface area contributed by atoms with E-state index >= 15 is 0 Å². The molecule has 0 atom stereocenters. The number of benzene rings is 1. The molecule has 0 radical (unpaired) electrons. The molecular formula is C16H21N3. The number of nitrogens with one attached hydrogen (secondary N) is 1. The van der Waals surface area contributed by atoms with Crippen LogP contribution in [0.15, 0.2) is 30.3 Å². The summed E-state index contributed by atoms with van der Waals surface area (Å²) in [7, 11) is 0. The van der Waals surface area contributed by atoms with E-state index in [-0.39, 0.29) is 0 Å². The number of fused-ring (bicyclic) bond motifs is 1. The Morgan fingerprint density at radius 3 is 2.95 bits per heavy atom. The van der Waals surface area contributed by atoms with Crippen molar-refractivity contribution in [1.29, 1.82) is 0 Å². The number of nitrogen functional groups attached to an aromatic ring is 1. The molecule has 1 aromatic heterocycles. The van der Waals surface area contributed by atoms with Crippen molar-refractivity contribution in [2.75, 3.05) is 12.3 Å². The molecule has 2 aromatic rings. The van der Waals surface area contributed by atoms with Gasteiger partial charge in [0.15, 0.2) is 0 Å². The lowest BCUT2D eigenvalue weighted by Crippen LogP contribution is -2.16. The minimum atomic E-state index is 0.805. The largest absolute Gasteiger partial charge is 0.398 e. The van der Waals surface area contributed by atoms with E-state index in [4.69, 9.17) is 5.73 Å². The van der Waals surface area contributed by atoms with Crippen LogP contribution in [0.1, 0.15) is 31.4 Å². The third-order valence-electron chi connectivity index (χ3n) is 3.77. The van der Waals surface area contributed by atoms with E-state index in [1.165, 1.54) is 25.7 Å². The molecule has 1 fully saturated rings. The zero-order chi connectivity index (χ0) is 13.1. The molecule has 0 saturated heterocycles. The second-order valence-electron chi connectivity index (χ2n) is 5.48. The van der Waals surface area contributed by atoms with Crippen molar-refractivity contribution in [3.8, 4) is 0 Å². The maximum absolute atomic E-state index is 6.07. The van der Waals surface area contributed by atoms with Crippen LogP contribution < -0.4 is 11.1 Å². The molecule has 1 aromatic carbocycles. The summed E-state index contributed by atoms with van der Waals surface area (Å²) in [4.78, 5) is 4.64. The van der Waals surface area contributed by atoms with Crippen LogP contribution in [0.3, 0.4) is 0 Å². The highest BCUT2D eigenvalue weighted by atomic mass is 14.9. The first-order chi connectivity index (χ1) is 9.33. The Labute approximate surface area is 114 Å². The molecule has 1 saturated carbocycles. The minimum Gasteiger partial charge on any atom is -0.398 e. The van der Waals surface area contributed by atoms with Gasteiger partial charge in [0.1, 0.15) is 0 Å². The summed E-state index contributed by atoms with van der Waals surface area (Å²) in [5.74, 6) is 1.02. The zero-order valence-electron chi connectivity index (χ0n) is 11.2. The van der Waals surface area contributed by atoms with Crippen LogP contribution in [-0.4, -0.2) is 11.5 Å². The molecule has 0 bridgehead atoms. The van der Waals surface area contributed by atoms with Crippen molar-refractivity contribution in [1.82, 2.24) is 10.3 Å². The fourth-order valence-corrected chi connectivity index (χ4v) is 2.49. The van der Waals surface area contributed by atoms with E-state index in [1.807, 2.05) is 30.3 Å². The molecule has 3 nitrogen and oxygen atoms in total. The van der Waals surface area contributed by atoms with Gasteiger partial charge in [-0.1, -0.05) is 31.0 Å². The molecular weight excluding hydrogens is 234 g/mol. The van der Waals surface area contributed by atoms with Gasteiger partial charge in [0.05, 0.1) is 11.2 Å². The molecule has 19 heavy (non-hydrogen) atoms. The third kappa shape index (κ3) is 3.24. The van der Waals surface area contributed by atoms with Gasteiger partial charge in [0.2, 0.25) is 0 Å². The van der Waals surface area contributed by atoms with Crippen LogP contribution >= 0.6 is 0 Å². The summed E-state index contributed by atoms with van der Waals surface area (Å²) < 4.78 is 0. The van der Waals surface area contributed by atoms with Gasteiger partial charge in [-0.2, -0.15) is 0 Å². The van der Waals surface area contributed by atoms with Gasteiger partial charge in [0, 0.05) is 17.6 Å². The van der Waals surface area contributed by atoms with Crippen LogP contribution in [0.25, 0.3) is 10.9 Å². The smallest absolute Gasteiger partial charge is 0.0726 e. The topological polar surface area (TPSA) is 50.9 Å². The molecule has 0 unspecified atom stereocenters. The summed E-state index contributed by atoms with van der Waals surface area (Å²) in [6.45, 7) is 1.88. The predicted octanol–water partition coefficient (Wildman–Crippen LogP) is 3.10. The molecule has 3 heteroatoms. The Morgan fingerprint density at radius 1 is 1.26 bits per heavy atom. The van der Waals surface area contributed by atoms with Gasteiger partial charge in [-0.25, -0.2) is 0 Å². The molecule has 100 valence electrons. The highest BCUT2D eigenvalue weighted by molar-refractivity contribution is 5.90. The lowest BCUT2D eigenvalue weighted by Gasteiger charge is -2.07. The standard InChI is InChI=1S/C16H21N3/c17-15-10-13(11-18-9-3-4-12-7-8-12)19-16-6-2-1-5-14(15)16/h1-2,5-6,10,12,18H,3-4,7-9,11H2,(H2,17,19). The fourth-order valence-electron chi connectivity index (χ4n) is 2.49. The van der Waals surface area contributed by atoms with Gasteiger partial charge in [-0.05, 0) is 37.4 Å². The average Bonchev–Trinajstić information content (AvgIpc) is 3.23. The van der Waals surface area contributed by atoms with E-state index in [2.05, 4.69) is 10.3 Å². The second kappa shape index (κ2) is 5.57. The highest BCUT2D eigenvalue weighted by Crippen LogP contribution is 2.33. The zero-order valence-corrected chi connectivity index (χ0v) is 11.2. The summed E-state index contributed by atoms with van der Waals surface area (Å²) in [6.07, 6.45) is 5.54. The number of pyridine rings is 1. The van der Waals surface area contributed by atoms with Crippen molar-refractivity contribution < 1.29 is 0 Å². The molecule has 1 aliphatic rings. The number of para-hydroxylation sites is 1. The summed E-state index contributed by atoms with van der Waals surface area (Å²) in [6, 6.07) is 10.0. The van der Waals surface area contributed by atoms with Gasteiger partial charge in [0.25, 0.3) is 0 Å². The lowest BCUT2D eigenvalue weighted by molar-refractivity contribution is 0.590. The third-order valence-corrected chi connectivity index (χ3v) is 3.77. The van der Waals surface area contributed by atoms with Crippen LogP contribution in [0.4, 0.5) is 5.69 Å². The molecule has 0 spiro atoms. The molecule has 1 heterocycles. The number of anilines is 1. The predicted molar refractivity (Wildman–Crippen MR) is 79.8 cm³/mol. The summed E-state index contributed by atoms with van der Waals surface area (Å²) >= 11 is 0. The molecule has 3 rings (SSSR count). The number of nitrogens with zero attached hydrogens (tertiary/aromatic N) is 1. The molecule has 1 aliphatic carbocycles. The van der Waals surface area contributed by atoms with E-state index < -0.39 is 0 Å². The summed E-state index contributed by atoms with van der Waals surface area (Å²) in [5, 5.41) is 4.50. The summed E-state index contributed by atoms with van der Waals surface area (Å²) in [5.41, 5.74) is 8.90. The Hall–Kier alpha value is -1.61. The van der Waals surface area contributed by atoms with Gasteiger partial charge in [-0.3, -0.25) is 4.98 Å². The van der Waals surface area contributed by atoms with Crippen LogP contribution in [0.2, 0.25) is 0 Å². The van der Waals surface area contributed by atoms with E-state index in [0.29, 0.717) is 0 Å². The van der Waals surface area contributed by atoms with Gasteiger partial charge < -0.3 is 11.1 Å². The van der Waals surface area contributed by atoms with Gasteiger partial charge >= 0.3 is 0 Å². The number of hydrogen-bond donors (Lipinski definition) is 2. The lowest BCUT2D eigenvalue weighted by atomic mass is 10.1. The van der Waals surface area contributed by atoms with E-state index in [1.54, 1.807) is 0 Å². The SMILES string of the molecule is Nc1cc(CNCCCC2CC2)nc2ccccc12. The van der Waals surface area contributed by atoms with Crippen LogP contribution in [-0.2, 0) is 6.54 Å².